The van der Waals surface area contributed by atoms with E-state index in [1.54, 1.807) is 0 Å². The van der Waals surface area contributed by atoms with E-state index < -0.39 is 0 Å². The van der Waals surface area contributed by atoms with Crippen LogP contribution >= 0.6 is 24.0 Å². The van der Waals surface area contributed by atoms with E-state index in [1.165, 1.54) is 19.5 Å². The maximum Gasteiger partial charge on any atom is 0.191 e. The third-order valence-electron chi connectivity index (χ3n) is 4.73. The second-order valence-corrected chi connectivity index (χ2v) is 7.07. The predicted molar refractivity (Wildman–Crippen MR) is 125 cm³/mol. The predicted octanol–water partition coefficient (Wildman–Crippen LogP) is 2.18. The highest BCUT2D eigenvalue weighted by atomic mass is 127. The summed E-state index contributed by atoms with van der Waals surface area (Å²) in [6.45, 7) is 11.5. The first kappa shape index (κ1) is 24.0. The standard InChI is InChI=1S/C20H35N5O.HI/c1-17-8-5-6-9-19(17)26-18(2)16-23-20(21-3)22-10-13-25-12-7-11-24(4)14-15-25;/h5-6,8-9,18H,7,10-16H2,1-4H3,(H2,21,22,23);1H. The molecule has 1 saturated heterocycles. The van der Waals surface area contributed by atoms with E-state index in [0.717, 1.165) is 43.5 Å². The Balaban J connectivity index is 0.00000364. The summed E-state index contributed by atoms with van der Waals surface area (Å²) in [5, 5.41) is 6.76. The molecule has 1 unspecified atom stereocenters. The van der Waals surface area contributed by atoms with Crippen LogP contribution in [0.15, 0.2) is 29.3 Å². The Morgan fingerprint density at radius 2 is 1.96 bits per heavy atom. The van der Waals surface area contributed by atoms with E-state index in [-0.39, 0.29) is 30.1 Å². The van der Waals surface area contributed by atoms with Crippen LogP contribution in [0.1, 0.15) is 18.9 Å². The number of likely N-dealkylation sites (N-methyl/N-ethyl adjacent to an activating group) is 1. The molecule has 2 rings (SSSR count). The SMILES string of the molecule is CN=C(NCCN1CCCN(C)CC1)NCC(C)Oc1ccccc1C.I. The quantitative estimate of drug-likeness (QED) is 0.350. The Bertz CT molecular complexity index is 569. The van der Waals surface area contributed by atoms with Crippen molar-refractivity contribution in [3.8, 4) is 5.75 Å². The number of nitrogens with zero attached hydrogens (tertiary/aromatic N) is 3. The number of rotatable bonds is 7. The average molecular weight is 489 g/mol. The molecule has 6 nitrogen and oxygen atoms in total. The topological polar surface area (TPSA) is 52.1 Å². The lowest BCUT2D eigenvalue weighted by Gasteiger charge is -2.22. The molecule has 0 saturated carbocycles. The maximum absolute atomic E-state index is 6.01. The first-order valence-corrected chi connectivity index (χ1v) is 9.66. The van der Waals surface area contributed by atoms with Gasteiger partial charge in [-0.1, -0.05) is 18.2 Å². The molecular formula is C20H36IN5O. The van der Waals surface area contributed by atoms with Gasteiger partial charge < -0.3 is 25.2 Å². The van der Waals surface area contributed by atoms with E-state index in [2.05, 4.69) is 52.4 Å². The zero-order chi connectivity index (χ0) is 18.8. The fourth-order valence-corrected chi connectivity index (χ4v) is 3.06. The van der Waals surface area contributed by atoms with Gasteiger partial charge in [-0.05, 0) is 52.0 Å². The number of guanidine groups is 1. The third kappa shape index (κ3) is 9.12. The number of aliphatic imine (C=N–C) groups is 1. The van der Waals surface area contributed by atoms with Crippen molar-refractivity contribution >= 4 is 29.9 Å². The molecule has 0 aromatic heterocycles. The zero-order valence-corrected chi connectivity index (χ0v) is 19.5. The molecule has 1 atom stereocenters. The van der Waals surface area contributed by atoms with Crippen LogP contribution < -0.4 is 15.4 Å². The van der Waals surface area contributed by atoms with Crippen molar-refractivity contribution in [2.24, 2.45) is 4.99 Å². The molecule has 1 aromatic carbocycles. The summed E-state index contributed by atoms with van der Waals surface area (Å²) in [5.74, 6) is 1.77. The van der Waals surface area contributed by atoms with E-state index in [1.807, 2.05) is 25.2 Å². The lowest BCUT2D eigenvalue weighted by Crippen LogP contribution is -2.44. The number of benzene rings is 1. The van der Waals surface area contributed by atoms with Crippen LogP contribution in [0.5, 0.6) is 5.75 Å². The number of ether oxygens (including phenoxy) is 1. The Morgan fingerprint density at radius 1 is 1.19 bits per heavy atom. The second-order valence-electron chi connectivity index (χ2n) is 7.07. The van der Waals surface area contributed by atoms with Crippen LogP contribution in [0.2, 0.25) is 0 Å². The minimum absolute atomic E-state index is 0. The monoisotopic (exact) mass is 489 g/mol. The molecule has 0 spiro atoms. The van der Waals surface area contributed by atoms with Crippen molar-refractivity contribution in [2.75, 3.05) is 59.9 Å². The third-order valence-corrected chi connectivity index (χ3v) is 4.73. The molecule has 1 aliphatic heterocycles. The largest absolute Gasteiger partial charge is 0.489 e. The molecule has 0 amide bonds. The molecular weight excluding hydrogens is 453 g/mol. The smallest absolute Gasteiger partial charge is 0.191 e. The summed E-state index contributed by atoms with van der Waals surface area (Å²) in [5.41, 5.74) is 1.16. The van der Waals surface area contributed by atoms with Gasteiger partial charge in [0.25, 0.3) is 0 Å². The first-order chi connectivity index (χ1) is 12.6. The normalized spacial score (nSPS) is 17.6. The van der Waals surface area contributed by atoms with Crippen LogP contribution in [0, 0.1) is 6.92 Å². The number of nitrogens with one attached hydrogen (secondary N) is 2. The van der Waals surface area contributed by atoms with E-state index in [4.69, 9.17) is 4.74 Å². The van der Waals surface area contributed by atoms with Crippen LogP contribution in [0.3, 0.4) is 0 Å². The highest BCUT2D eigenvalue weighted by Gasteiger charge is 2.12. The summed E-state index contributed by atoms with van der Waals surface area (Å²) < 4.78 is 6.01. The molecule has 0 bridgehead atoms. The number of aryl methyl sites for hydroxylation is 1. The second kappa shape index (κ2) is 13.2. The molecule has 7 heteroatoms. The average Bonchev–Trinajstić information content (AvgIpc) is 2.84. The molecule has 1 aliphatic rings. The molecule has 0 radical (unpaired) electrons. The number of hydrogen-bond acceptors (Lipinski definition) is 4. The van der Waals surface area contributed by atoms with Gasteiger partial charge in [-0.25, -0.2) is 0 Å². The van der Waals surface area contributed by atoms with Crippen molar-refractivity contribution < 1.29 is 4.74 Å². The van der Waals surface area contributed by atoms with Gasteiger partial charge in [0, 0.05) is 33.2 Å². The van der Waals surface area contributed by atoms with Gasteiger partial charge in [-0.2, -0.15) is 0 Å². The van der Waals surface area contributed by atoms with Gasteiger partial charge in [0.2, 0.25) is 0 Å². The Labute approximate surface area is 181 Å². The van der Waals surface area contributed by atoms with Crippen molar-refractivity contribution in [1.29, 1.82) is 0 Å². The first-order valence-electron chi connectivity index (χ1n) is 9.66. The molecule has 1 fully saturated rings. The van der Waals surface area contributed by atoms with Crippen molar-refractivity contribution in [3.05, 3.63) is 29.8 Å². The Hall–Kier alpha value is -1.06. The summed E-state index contributed by atoms with van der Waals surface area (Å²) >= 11 is 0. The number of para-hydroxylation sites is 1. The van der Waals surface area contributed by atoms with Crippen LogP contribution in [0.25, 0.3) is 0 Å². The molecule has 2 N–H and O–H groups in total. The van der Waals surface area contributed by atoms with Crippen molar-refractivity contribution in [2.45, 2.75) is 26.4 Å². The maximum atomic E-state index is 6.01. The number of halogens is 1. The minimum Gasteiger partial charge on any atom is -0.489 e. The van der Waals surface area contributed by atoms with Gasteiger partial charge in [-0.3, -0.25) is 4.99 Å². The molecule has 154 valence electrons. The van der Waals surface area contributed by atoms with Gasteiger partial charge in [0.15, 0.2) is 5.96 Å². The summed E-state index contributed by atoms with van der Waals surface area (Å²) in [6.07, 6.45) is 1.31. The van der Waals surface area contributed by atoms with E-state index >= 15 is 0 Å². The molecule has 0 aliphatic carbocycles. The highest BCUT2D eigenvalue weighted by molar-refractivity contribution is 14.0. The van der Waals surface area contributed by atoms with Crippen LogP contribution in [-0.2, 0) is 0 Å². The fourth-order valence-electron chi connectivity index (χ4n) is 3.06. The van der Waals surface area contributed by atoms with Gasteiger partial charge in [0.05, 0.1) is 6.54 Å². The zero-order valence-electron chi connectivity index (χ0n) is 17.2. The van der Waals surface area contributed by atoms with Crippen LogP contribution in [-0.4, -0.2) is 81.8 Å². The van der Waals surface area contributed by atoms with Crippen LogP contribution in [0.4, 0.5) is 0 Å². The molecule has 1 aromatic rings. The van der Waals surface area contributed by atoms with Gasteiger partial charge in [0.1, 0.15) is 11.9 Å². The van der Waals surface area contributed by atoms with Crippen molar-refractivity contribution in [1.82, 2.24) is 20.4 Å². The van der Waals surface area contributed by atoms with E-state index in [9.17, 15) is 0 Å². The summed E-state index contributed by atoms with van der Waals surface area (Å²) in [7, 11) is 4.01. The lowest BCUT2D eigenvalue weighted by atomic mass is 10.2. The van der Waals surface area contributed by atoms with Crippen molar-refractivity contribution in [3.63, 3.8) is 0 Å². The number of hydrogen-bond donors (Lipinski definition) is 2. The highest BCUT2D eigenvalue weighted by Crippen LogP contribution is 2.17. The minimum atomic E-state index is 0. The summed E-state index contributed by atoms with van der Waals surface area (Å²) in [4.78, 5) is 9.24. The van der Waals surface area contributed by atoms with Gasteiger partial charge in [-0.15, -0.1) is 24.0 Å². The Kier molecular flexibility index (Phi) is 11.7. The fraction of sp³-hybridized carbons (Fsp3) is 0.650. The van der Waals surface area contributed by atoms with E-state index in [0.29, 0.717) is 6.54 Å². The van der Waals surface area contributed by atoms with Gasteiger partial charge >= 0.3 is 0 Å². The summed E-state index contributed by atoms with van der Waals surface area (Å²) in [6, 6.07) is 8.11. The molecule has 1 heterocycles. The molecule has 27 heavy (non-hydrogen) atoms. The lowest BCUT2D eigenvalue weighted by molar-refractivity contribution is 0.222. The Morgan fingerprint density at radius 3 is 2.70 bits per heavy atom.